The third-order valence-corrected chi connectivity index (χ3v) is 3.40. The molecule has 0 aliphatic rings. The SMILES string of the molecule is CCn1cc(N)c(=O)n(Cc2ccc(C#N)cc2C)c1=O. The first-order chi connectivity index (χ1) is 9.97. The molecule has 2 N–H and O–H groups in total. The van der Waals surface area contributed by atoms with Crippen LogP contribution in [0.15, 0.2) is 34.0 Å². The maximum Gasteiger partial charge on any atom is 0.331 e. The van der Waals surface area contributed by atoms with E-state index in [2.05, 4.69) is 6.07 Å². The number of hydrogen-bond donors (Lipinski definition) is 1. The summed E-state index contributed by atoms with van der Waals surface area (Å²) in [6, 6.07) is 7.20. The molecule has 0 unspecified atom stereocenters. The molecule has 2 rings (SSSR count). The predicted molar refractivity (Wildman–Crippen MR) is 80.0 cm³/mol. The fourth-order valence-corrected chi connectivity index (χ4v) is 2.16. The standard InChI is InChI=1S/C15H16N4O2/c1-3-18-9-13(17)14(20)19(15(18)21)8-12-5-4-11(7-16)6-10(12)2/h4-6,9H,3,8,17H2,1-2H3. The van der Waals surface area contributed by atoms with Crippen LogP contribution in [0.5, 0.6) is 0 Å². The summed E-state index contributed by atoms with van der Waals surface area (Å²) in [5, 5.41) is 8.86. The van der Waals surface area contributed by atoms with Crippen molar-refractivity contribution < 1.29 is 0 Å². The largest absolute Gasteiger partial charge is 0.393 e. The van der Waals surface area contributed by atoms with Gasteiger partial charge in [-0.05, 0) is 37.1 Å². The second-order valence-electron chi connectivity index (χ2n) is 4.80. The fraction of sp³-hybridized carbons (Fsp3) is 0.267. The number of hydrogen-bond acceptors (Lipinski definition) is 4. The van der Waals surface area contributed by atoms with Gasteiger partial charge in [-0.3, -0.25) is 13.9 Å². The highest BCUT2D eigenvalue weighted by molar-refractivity contribution is 5.38. The van der Waals surface area contributed by atoms with Crippen molar-refractivity contribution in [3.8, 4) is 6.07 Å². The average molecular weight is 284 g/mol. The third kappa shape index (κ3) is 2.72. The molecule has 0 saturated heterocycles. The lowest BCUT2D eigenvalue weighted by Crippen LogP contribution is -2.40. The monoisotopic (exact) mass is 284 g/mol. The number of aryl methyl sites for hydroxylation is 2. The number of nitrogens with zero attached hydrogens (tertiary/aromatic N) is 3. The van der Waals surface area contributed by atoms with E-state index in [1.165, 1.54) is 10.8 Å². The molecule has 6 heteroatoms. The first kappa shape index (κ1) is 14.6. The lowest BCUT2D eigenvalue weighted by Gasteiger charge is -2.11. The normalized spacial score (nSPS) is 10.3. The summed E-state index contributed by atoms with van der Waals surface area (Å²) >= 11 is 0. The first-order valence-corrected chi connectivity index (χ1v) is 6.57. The van der Waals surface area contributed by atoms with E-state index < -0.39 is 5.56 Å². The van der Waals surface area contributed by atoms with Gasteiger partial charge in [0.2, 0.25) is 0 Å². The van der Waals surface area contributed by atoms with E-state index in [-0.39, 0.29) is 17.9 Å². The molecule has 0 saturated carbocycles. The molecular weight excluding hydrogens is 268 g/mol. The Kier molecular flexibility index (Phi) is 3.94. The van der Waals surface area contributed by atoms with Crippen LogP contribution in [0.4, 0.5) is 5.69 Å². The maximum atomic E-state index is 12.2. The Morgan fingerprint density at radius 2 is 2.05 bits per heavy atom. The zero-order chi connectivity index (χ0) is 15.6. The van der Waals surface area contributed by atoms with E-state index in [1.807, 2.05) is 13.8 Å². The number of nitriles is 1. The minimum atomic E-state index is -0.492. The summed E-state index contributed by atoms with van der Waals surface area (Å²) < 4.78 is 2.52. The highest BCUT2D eigenvalue weighted by Gasteiger charge is 2.10. The second kappa shape index (κ2) is 5.67. The van der Waals surface area contributed by atoms with E-state index in [1.54, 1.807) is 18.2 Å². The predicted octanol–water partition coefficient (Wildman–Crippen LogP) is 0.840. The van der Waals surface area contributed by atoms with Gasteiger partial charge in [-0.2, -0.15) is 5.26 Å². The van der Waals surface area contributed by atoms with Gasteiger partial charge in [0, 0.05) is 12.7 Å². The summed E-state index contributed by atoms with van der Waals surface area (Å²) in [7, 11) is 0. The van der Waals surface area contributed by atoms with Gasteiger partial charge in [-0.15, -0.1) is 0 Å². The van der Waals surface area contributed by atoms with Crippen molar-refractivity contribution in [3.63, 3.8) is 0 Å². The number of rotatable bonds is 3. The smallest absolute Gasteiger partial charge is 0.331 e. The van der Waals surface area contributed by atoms with Crippen LogP contribution >= 0.6 is 0 Å². The van der Waals surface area contributed by atoms with Crippen molar-refractivity contribution in [2.24, 2.45) is 0 Å². The Balaban J connectivity index is 2.55. The molecule has 1 heterocycles. The molecule has 0 fully saturated rings. The quantitative estimate of drug-likeness (QED) is 0.903. The van der Waals surface area contributed by atoms with Gasteiger partial charge in [0.25, 0.3) is 5.56 Å². The van der Waals surface area contributed by atoms with Crippen molar-refractivity contribution in [1.82, 2.24) is 9.13 Å². The van der Waals surface area contributed by atoms with Gasteiger partial charge >= 0.3 is 5.69 Å². The van der Waals surface area contributed by atoms with Gasteiger partial charge in [0.15, 0.2) is 0 Å². The van der Waals surface area contributed by atoms with Crippen LogP contribution in [-0.2, 0) is 13.1 Å². The van der Waals surface area contributed by atoms with Crippen LogP contribution in [0, 0.1) is 18.3 Å². The zero-order valence-corrected chi connectivity index (χ0v) is 12.0. The highest BCUT2D eigenvalue weighted by atomic mass is 16.2. The maximum absolute atomic E-state index is 12.2. The Morgan fingerprint density at radius 1 is 1.33 bits per heavy atom. The zero-order valence-electron chi connectivity index (χ0n) is 12.0. The molecular formula is C15H16N4O2. The van der Waals surface area contributed by atoms with Crippen LogP contribution in [0.3, 0.4) is 0 Å². The van der Waals surface area contributed by atoms with Crippen molar-refractivity contribution in [2.75, 3.05) is 5.73 Å². The average Bonchev–Trinajstić information content (AvgIpc) is 2.48. The second-order valence-corrected chi connectivity index (χ2v) is 4.80. The molecule has 0 spiro atoms. The van der Waals surface area contributed by atoms with E-state index in [9.17, 15) is 9.59 Å². The van der Waals surface area contributed by atoms with Crippen LogP contribution < -0.4 is 17.0 Å². The van der Waals surface area contributed by atoms with Crippen molar-refractivity contribution >= 4 is 5.69 Å². The summed E-state index contributed by atoms with van der Waals surface area (Å²) in [5.74, 6) is 0. The van der Waals surface area contributed by atoms with Crippen molar-refractivity contribution in [2.45, 2.75) is 26.9 Å². The number of nitrogens with two attached hydrogens (primary N) is 1. The fourth-order valence-electron chi connectivity index (χ4n) is 2.16. The third-order valence-electron chi connectivity index (χ3n) is 3.40. The molecule has 0 bridgehead atoms. The Bertz CT molecular complexity index is 840. The Hall–Kier alpha value is -2.81. The van der Waals surface area contributed by atoms with Crippen molar-refractivity contribution in [1.29, 1.82) is 5.26 Å². The van der Waals surface area contributed by atoms with Gasteiger partial charge < -0.3 is 5.73 Å². The van der Waals surface area contributed by atoms with E-state index in [0.29, 0.717) is 12.1 Å². The van der Waals surface area contributed by atoms with E-state index in [0.717, 1.165) is 15.7 Å². The molecule has 0 radical (unpaired) electrons. The minimum absolute atomic E-state index is 0.0442. The van der Waals surface area contributed by atoms with E-state index in [4.69, 9.17) is 11.0 Å². The molecule has 0 aliphatic carbocycles. The molecule has 0 aliphatic heterocycles. The van der Waals surface area contributed by atoms with Gasteiger partial charge in [0.05, 0.1) is 18.2 Å². The lowest BCUT2D eigenvalue weighted by molar-refractivity contribution is 0.602. The molecule has 1 aromatic heterocycles. The number of anilines is 1. The van der Waals surface area contributed by atoms with Crippen LogP contribution in [-0.4, -0.2) is 9.13 Å². The number of aromatic nitrogens is 2. The van der Waals surface area contributed by atoms with Gasteiger partial charge in [-0.1, -0.05) is 6.07 Å². The highest BCUT2D eigenvalue weighted by Crippen LogP contribution is 2.11. The molecule has 0 amide bonds. The van der Waals surface area contributed by atoms with Crippen LogP contribution in [0.25, 0.3) is 0 Å². The minimum Gasteiger partial charge on any atom is -0.393 e. The molecule has 21 heavy (non-hydrogen) atoms. The summed E-state index contributed by atoms with van der Waals surface area (Å²) in [6.45, 7) is 4.23. The molecule has 0 atom stereocenters. The lowest BCUT2D eigenvalue weighted by atomic mass is 10.1. The molecule has 108 valence electrons. The first-order valence-electron chi connectivity index (χ1n) is 6.57. The van der Waals surface area contributed by atoms with Crippen LogP contribution in [0.1, 0.15) is 23.6 Å². The summed E-state index contributed by atoms with van der Waals surface area (Å²) in [5.41, 5.74) is 7.03. The van der Waals surface area contributed by atoms with Crippen LogP contribution in [0.2, 0.25) is 0 Å². The topological polar surface area (TPSA) is 93.8 Å². The molecule has 1 aromatic carbocycles. The summed E-state index contributed by atoms with van der Waals surface area (Å²) in [4.78, 5) is 24.3. The molecule has 2 aromatic rings. The number of nitrogen functional groups attached to an aromatic ring is 1. The van der Waals surface area contributed by atoms with Gasteiger partial charge in [-0.25, -0.2) is 4.79 Å². The Morgan fingerprint density at radius 3 is 2.62 bits per heavy atom. The van der Waals surface area contributed by atoms with E-state index >= 15 is 0 Å². The summed E-state index contributed by atoms with van der Waals surface area (Å²) in [6.07, 6.45) is 1.37. The van der Waals surface area contributed by atoms with Crippen molar-refractivity contribution in [3.05, 3.63) is 61.9 Å². The Labute approximate surface area is 121 Å². The van der Waals surface area contributed by atoms with Gasteiger partial charge in [0.1, 0.15) is 5.69 Å². The number of benzene rings is 1. The molecule has 6 nitrogen and oxygen atoms in total.